The van der Waals surface area contributed by atoms with E-state index >= 15 is 0 Å². The van der Waals surface area contributed by atoms with Gasteiger partial charge >= 0.3 is 0 Å². The molecule has 2 fully saturated rings. The molecule has 0 saturated carbocycles. The Bertz CT molecular complexity index is 161. The molecule has 2 heterocycles. The molecule has 0 N–H and O–H groups in total. The summed E-state index contributed by atoms with van der Waals surface area (Å²) in [4.78, 5) is 5.27. The lowest BCUT2D eigenvalue weighted by Crippen LogP contribution is -2.32. The number of hydrogen-bond donors (Lipinski definition) is 0. The number of piperidine rings is 2. The van der Waals surface area contributed by atoms with Gasteiger partial charge in [-0.3, -0.25) is 0 Å². The molecule has 0 spiro atoms. The van der Waals surface area contributed by atoms with Gasteiger partial charge in [-0.05, 0) is 77.7 Å². The summed E-state index contributed by atoms with van der Waals surface area (Å²) in [7, 11) is 0. The van der Waals surface area contributed by atoms with Crippen LogP contribution in [0.25, 0.3) is 0 Å². The van der Waals surface area contributed by atoms with Gasteiger partial charge in [0.2, 0.25) is 0 Å². The van der Waals surface area contributed by atoms with Gasteiger partial charge in [0, 0.05) is 6.54 Å². The summed E-state index contributed by atoms with van der Waals surface area (Å²) in [5.74, 6) is 0. The monoisotopic (exact) mass is 237 g/mol. The second-order valence-corrected chi connectivity index (χ2v) is 5.69. The SMILES string of the molecule is [CH](CCCN1CCCCC1)CN1CCCCC1. The van der Waals surface area contributed by atoms with Crippen LogP contribution >= 0.6 is 0 Å². The Labute approximate surface area is 107 Å². The molecule has 2 aliphatic heterocycles. The molecule has 0 atom stereocenters. The van der Waals surface area contributed by atoms with Crippen molar-refractivity contribution < 1.29 is 0 Å². The van der Waals surface area contributed by atoms with Gasteiger partial charge in [0.25, 0.3) is 0 Å². The zero-order chi connectivity index (χ0) is 11.8. The van der Waals surface area contributed by atoms with Crippen molar-refractivity contribution in [3.63, 3.8) is 0 Å². The van der Waals surface area contributed by atoms with E-state index in [1.54, 1.807) is 0 Å². The molecule has 99 valence electrons. The first kappa shape index (κ1) is 13.4. The van der Waals surface area contributed by atoms with Crippen molar-refractivity contribution in [2.24, 2.45) is 0 Å². The minimum absolute atomic E-state index is 1.24. The molecule has 0 aromatic carbocycles. The van der Waals surface area contributed by atoms with Crippen LogP contribution in [0.5, 0.6) is 0 Å². The Hall–Kier alpha value is -0.0800. The van der Waals surface area contributed by atoms with Crippen LogP contribution in [-0.4, -0.2) is 49.1 Å². The Morgan fingerprint density at radius 3 is 1.94 bits per heavy atom. The average Bonchev–Trinajstić information content (AvgIpc) is 2.41. The number of likely N-dealkylation sites (tertiary alicyclic amines) is 2. The summed E-state index contributed by atoms with van der Waals surface area (Å²) in [5, 5.41) is 0. The van der Waals surface area contributed by atoms with E-state index in [1.807, 2.05) is 0 Å². The topological polar surface area (TPSA) is 6.48 Å². The van der Waals surface area contributed by atoms with E-state index in [0.29, 0.717) is 0 Å². The van der Waals surface area contributed by atoms with Crippen LogP contribution in [0.1, 0.15) is 51.4 Å². The van der Waals surface area contributed by atoms with E-state index in [0.717, 1.165) is 0 Å². The van der Waals surface area contributed by atoms with Gasteiger partial charge in [0.05, 0.1) is 0 Å². The van der Waals surface area contributed by atoms with Crippen molar-refractivity contribution in [3.8, 4) is 0 Å². The molecule has 2 aliphatic rings. The van der Waals surface area contributed by atoms with Crippen LogP contribution in [0, 0.1) is 6.42 Å². The Morgan fingerprint density at radius 1 is 0.706 bits per heavy atom. The lowest BCUT2D eigenvalue weighted by molar-refractivity contribution is 0.222. The van der Waals surface area contributed by atoms with E-state index < -0.39 is 0 Å². The standard InChI is InChI=1S/C15H29N2/c1-4-10-16(11-5-1)14-8-3-9-15-17-12-6-2-7-13-17/h8H,1-7,9-15H2. The number of nitrogens with zero attached hydrogens (tertiary/aromatic N) is 2. The summed E-state index contributed by atoms with van der Waals surface area (Å²) in [6, 6.07) is 0. The largest absolute Gasteiger partial charge is 0.303 e. The molecule has 2 heteroatoms. The van der Waals surface area contributed by atoms with E-state index in [2.05, 4.69) is 16.2 Å². The summed E-state index contributed by atoms with van der Waals surface area (Å²) in [6.07, 6.45) is 13.8. The van der Waals surface area contributed by atoms with Crippen molar-refractivity contribution in [1.29, 1.82) is 0 Å². The predicted octanol–water partition coefficient (Wildman–Crippen LogP) is 2.94. The number of hydrogen-bond acceptors (Lipinski definition) is 2. The van der Waals surface area contributed by atoms with Gasteiger partial charge in [-0.2, -0.15) is 0 Å². The van der Waals surface area contributed by atoms with Gasteiger partial charge in [0.1, 0.15) is 0 Å². The van der Waals surface area contributed by atoms with Gasteiger partial charge in [-0.15, -0.1) is 0 Å². The molecule has 2 rings (SSSR count). The van der Waals surface area contributed by atoms with E-state index in [4.69, 9.17) is 0 Å². The van der Waals surface area contributed by atoms with Crippen molar-refractivity contribution in [2.45, 2.75) is 51.4 Å². The van der Waals surface area contributed by atoms with Crippen molar-refractivity contribution in [1.82, 2.24) is 9.80 Å². The molecule has 0 aliphatic carbocycles. The van der Waals surface area contributed by atoms with Crippen LogP contribution in [-0.2, 0) is 0 Å². The number of rotatable bonds is 6. The van der Waals surface area contributed by atoms with E-state index in [-0.39, 0.29) is 0 Å². The molecule has 2 nitrogen and oxygen atoms in total. The third kappa shape index (κ3) is 5.39. The summed E-state index contributed by atoms with van der Waals surface area (Å²) < 4.78 is 0. The summed E-state index contributed by atoms with van der Waals surface area (Å²) >= 11 is 0. The Balaban J connectivity index is 1.42. The maximum absolute atomic E-state index is 2.65. The van der Waals surface area contributed by atoms with Gasteiger partial charge < -0.3 is 9.80 Å². The van der Waals surface area contributed by atoms with Crippen molar-refractivity contribution in [2.75, 3.05) is 39.3 Å². The van der Waals surface area contributed by atoms with Crippen LogP contribution in [0.15, 0.2) is 0 Å². The highest BCUT2D eigenvalue weighted by Gasteiger charge is 2.10. The highest BCUT2D eigenvalue weighted by atomic mass is 15.1. The first-order valence-corrected chi connectivity index (χ1v) is 7.71. The first-order valence-electron chi connectivity index (χ1n) is 7.71. The third-order valence-corrected chi connectivity index (χ3v) is 4.17. The fourth-order valence-corrected chi connectivity index (χ4v) is 3.06. The molecule has 0 amide bonds. The van der Waals surface area contributed by atoms with Crippen LogP contribution in [0.3, 0.4) is 0 Å². The normalized spacial score (nSPS) is 24.0. The lowest BCUT2D eigenvalue weighted by Gasteiger charge is -2.27. The Morgan fingerprint density at radius 2 is 1.29 bits per heavy atom. The van der Waals surface area contributed by atoms with Crippen LogP contribution < -0.4 is 0 Å². The van der Waals surface area contributed by atoms with Gasteiger partial charge in [0.15, 0.2) is 0 Å². The highest BCUT2D eigenvalue weighted by Crippen LogP contribution is 2.11. The van der Waals surface area contributed by atoms with Gasteiger partial charge in [-0.1, -0.05) is 12.8 Å². The molecule has 0 aromatic rings. The molecular weight excluding hydrogens is 208 g/mol. The van der Waals surface area contributed by atoms with Gasteiger partial charge in [-0.25, -0.2) is 0 Å². The lowest BCUT2D eigenvalue weighted by atomic mass is 10.1. The maximum Gasteiger partial charge on any atom is 0.00128 e. The second-order valence-electron chi connectivity index (χ2n) is 5.69. The van der Waals surface area contributed by atoms with Crippen molar-refractivity contribution >= 4 is 0 Å². The fourth-order valence-electron chi connectivity index (χ4n) is 3.06. The van der Waals surface area contributed by atoms with Crippen LogP contribution in [0.4, 0.5) is 0 Å². The van der Waals surface area contributed by atoms with Crippen molar-refractivity contribution in [3.05, 3.63) is 6.42 Å². The van der Waals surface area contributed by atoms with Crippen LogP contribution in [0.2, 0.25) is 0 Å². The minimum Gasteiger partial charge on any atom is -0.303 e. The average molecular weight is 237 g/mol. The molecule has 0 unspecified atom stereocenters. The smallest absolute Gasteiger partial charge is 0.00128 e. The minimum atomic E-state index is 1.24. The molecule has 1 radical (unpaired) electrons. The highest BCUT2D eigenvalue weighted by molar-refractivity contribution is 4.75. The third-order valence-electron chi connectivity index (χ3n) is 4.17. The zero-order valence-corrected chi connectivity index (χ0v) is 11.4. The molecule has 17 heavy (non-hydrogen) atoms. The maximum atomic E-state index is 2.65. The molecule has 0 bridgehead atoms. The quantitative estimate of drug-likeness (QED) is 0.655. The number of unbranched alkanes of at least 4 members (excludes halogenated alkanes) is 2. The zero-order valence-electron chi connectivity index (χ0n) is 11.4. The summed E-state index contributed by atoms with van der Waals surface area (Å²) in [6.45, 7) is 7.94. The predicted molar refractivity (Wildman–Crippen MR) is 74.1 cm³/mol. The van der Waals surface area contributed by atoms with E-state index in [9.17, 15) is 0 Å². The molecule has 0 aromatic heterocycles. The molecule has 2 saturated heterocycles. The second kappa shape index (κ2) is 8.10. The molecular formula is C15H29N2. The fraction of sp³-hybridized carbons (Fsp3) is 0.933. The summed E-state index contributed by atoms with van der Waals surface area (Å²) in [5.41, 5.74) is 0. The van der Waals surface area contributed by atoms with E-state index in [1.165, 1.54) is 90.6 Å². The first-order chi connectivity index (χ1) is 8.45. The Kier molecular flexibility index (Phi) is 6.36.